The van der Waals surface area contributed by atoms with Gasteiger partial charge in [0, 0.05) is 44.9 Å². The zero-order valence-corrected chi connectivity index (χ0v) is 17.2. The number of amides is 2. The van der Waals surface area contributed by atoms with Crippen LogP contribution < -0.4 is 4.74 Å². The van der Waals surface area contributed by atoms with E-state index in [0.29, 0.717) is 19.0 Å². The van der Waals surface area contributed by atoms with E-state index in [-0.39, 0.29) is 23.8 Å². The third-order valence-corrected chi connectivity index (χ3v) is 6.66. The summed E-state index contributed by atoms with van der Waals surface area (Å²) < 4.78 is 6.22. The smallest absolute Gasteiger partial charge is 0.227 e. The van der Waals surface area contributed by atoms with E-state index >= 15 is 0 Å². The maximum atomic E-state index is 13.0. The van der Waals surface area contributed by atoms with E-state index in [9.17, 15) is 9.59 Å². The standard InChI is InChI=1S/C23H32N2O3/c1-16-7-8-17(2)21(13-16)28-20-9-11-24(12-10-20)23(27)18-14-22(26)25(15-18)19-5-3-4-6-19/h7-8,13,18-20H,3-6,9-12,14-15H2,1-2H3. The Bertz CT molecular complexity index is 733. The van der Waals surface area contributed by atoms with Gasteiger partial charge in [0.25, 0.3) is 0 Å². The molecule has 0 bridgehead atoms. The molecule has 0 aromatic heterocycles. The van der Waals surface area contributed by atoms with Gasteiger partial charge in [0.15, 0.2) is 0 Å². The van der Waals surface area contributed by atoms with Gasteiger partial charge in [0.05, 0.1) is 5.92 Å². The second kappa shape index (κ2) is 8.14. The average molecular weight is 385 g/mol. The first-order chi connectivity index (χ1) is 13.5. The molecule has 1 saturated carbocycles. The van der Waals surface area contributed by atoms with Gasteiger partial charge < -0.3 is 14.5 Å². The van der Waals surface area contributed by atoms with Crippen molar-refractivity contribution in [2.45, 2.75) is 70.9 Å². The molecular formula is C23H32N2O3. The average Bonchev–Trinajstić information content (AvgIpc) is 3.34. The van der Waals surface area contributed by atoms with E-state index in [1.807, 2.05) is 9.80 Å². The summed E-state index contributed by atoms with van der Waals surface area (Å²) in [6.45, 7) is 6.22. The Kier molecular flexibility index (Phi) is 5.61. The van der Waals surface area contributed by atoms with Gasteiger partial charge in [-0.2, -0.15) is 0 Å². The number of hydrogen-bond donors (Lipinski definition) is 0. The van der Waals surface area contributed by atoms with Crippen LogP contribution in [0.1, 0.15) is 56.1 Å². The molecule has 5 nitrogen and oxygen atoms in total. The van der Waals surface area contributed by atoms with Crippen molar-refractivity contribution in [2.75, 3.05) is 19.6 Å². The van der Waals surface area contributed by atoms with Gasteiger partial charge in [-0.1, -0.05) is 25.0 Å². The molecule has 1 aromatic rings. The van der Waals surface area contributed by atoms with Crippen LogP contribution in [0.25, 0.3) is 0 Å². The number of hydrogen-bond acceptors (Lipinski definition) is 3. The van der Waals surface area contributed by atoms with Crippen molar-refractivity contribution >= 4 is 11.8 Å². The molecule has 0 radical (unpaired) electrons. The Labute approximate surface area is 168 Å². The van der Waals surface area contributed by atoms with Gasteiger partial charge in [-0.3, -0.25) is 9.59 Å². The zero-order valence-electron chi connectivity index (χ0n) is 17.2. The van der Waals surface area contributed by atoms with Crippen LogP contribution in [0.2, 0.25) is 0 Å². The maximum absolute atomic E-state index is 13.0. The lowest BCUT2D eigenvalue weighted by molar-refractivity contribution is -0.137. The number of benzene rings is 1. The minimum absolute atomic E-state index is 0.149. The van der Waals surface area contributed by atoms with Crippen molar-refractivity contribution < 1.29 is 14.3 Å². The summed E-state index contributed by atoms with van der Waals surface area (Å²) in [4.78, 5) is 29.3. The van der Waals surface area contributed by atoms with E-state index in [4.69, 9.17) is 4.74 Å². The van der Waals surface area contributed by atoms with Crippen molar-refractivity contribution in [3.8, 4) is 5.75 Å². The first-order valence-corrected chi connectivity index (χ1v) is 10.8. The van der Waals surface area contributed by atoms with Crippen LogP contribution in [0.4, 0.5) is 0 Å². The van der Waals surface area contributed by atoms with Gasteiger partial charge in [-0.15, -0.1) is 0 Å². The third kappa shape index (κ3) is 4.03. The molecule has 2 amide bonds. The second-order valence-electron chi connectivity index (χ2n) is 8.80. The van der Waals surface area contributed by atoms with E-state index in [1.54, 1.807) is 0 Å². The summed E-state index contributed by atoms with van der Waals surface area (Å²) in [5.41, 5.74) is 2.35. The lowest BCUT2D eigenvalue weighted by Gasteiger charge is -2.34. The summed E-state index contributed by atoms with van der Waals surface area (Å²) in [5, 5.41) is 0. The number of carbonyl (C=O) groups is 2. The lowest BCUT2D eigenvalue weighted by Crippen LogP contribution is -2.45. The molecule has 2 aliphatic heterocycles. The van der Waals surface area contributed by atoms with Gasteiger partial charge in [0.2, 0.25) is 11.8 Å². The van der Waals surface area contributed by atoms with Crippen LogP contribution in [0.5, 0.6) is 5.75 Å². The SMILES string of the molecule is Cc1ccc(C)c(OC2CCN(C(=O)C3CC(=O)N(C4CCCC4)C3)CC2)c1. The van der Waals surface area contributed by atoms with Gasteiger partial charge in [-0.25, -0.2) is 0 Å². The van der Waals surface area contributed by atoms with Crippen molar-refractivity contribution in [1.82, 2.24) is 9.80 Å². The number of likely N-dealkylation sites (tertiary alicyclic amines) is 2. The Morgan fingerprint density at radius 1 is 1.07 bits per heavy atom. The van der Waals surface area contributed by atoms with Gasteiger partial charge in [0.1, 0.15) is 11.9 Å². The second-order valence-corrected chi connectivity index (χ2v) is 8.80. The summed E-state index contributed by atoms with van der Waals surface area (Å²) >= 11 is 0. The number of carbonyl (C=O) groups excluding carboxylic acids is 2. The molecule has 3 aliphatic rings. The van der Waals surface area contributed by atoms with Crippen LogP contribution >= 0.6 is 0 Å². The fraction of sp³-hybridized carbons (Fsp3) is 0.652. The highest BCUT2D eigenvalue weighted by atomic mass is 16.5. The summed E-state index contributed by atoms with van der Waals surface area (Å²) in [6.07, 6.45) is 6.89. The van der Waals surface area contributed by atoms with Crippen molar-refractivity contribution in [3.63, 3.8) is 0 Å². The molecule has 1 aliphatic carbocycles. The maximum Gasteiger partial charge on any atom is 0.227 e. The molecule has 3 fully saturated rings. The van der Waals surface area contributed by atoms with Crippen LogP contribution in [0, 0.1) is 19.8 Å². The fourth-order valence-electron chi connectivity index (χ4n) is 4.93. The van der Waals surface area contributed by atoms with Gasteiger partial charge in [-0.05, 0) is 43.9 Å². The van der Waals surface area contributed by atoms with Crippen LogP contribution in [0.3, 0.4) is 0 Å². The number of ether oxygens (including phenoxy) is 1. The predicted octanol–water partition coefficient (Wildman–Crippen LogP) is 3.46. The Morgan fingerprint density at radius 2 is 1.79 bits per heavy atom. The van der Waals surface area contributed by atoms with E-state index in [1.165, 1.54) is 18.4 Å². The van der Waals surface area contributed by atoms with E-state index < -0.39 is 0 Å². The zero-order chi connectivity index (χ0) is 19.7. The van der Waals surface area contributed by atoms with Crippen molar-refractivity contribution in [3.05, 3.63) is 29.3 Å². The van der Waals surface area contributed by atoms with Crippen LogP contribution in [-0.4, -0.2) is 53.4 Å². The number of rotatable bonds is 4. The first-order valence-electron chi connectivity index (χ1n) is 10.8. The highest BCUT2D eigenvalue weighted by Gasteiger charge is 2.40. The molecule has 152 valence electrons. The largest absolute Gasteiger partial charge is 0.490 e. The topological polar surface area (TPSA) is 49.9 Å². The molecule has 1 aromatic carbocycles. The molecule has 5 heteroatoms. The molecule has 0 N–H and O–H groups in total. The third-order valence-electron chi connectivity index (χ3n) is 6.66. The highest BCUT2D eigenvalue weighted by molar-refractivity contribution is 5.89. The van der Waals surface area contributed by atoms with Crippen molar-refractivity contribution in [2.24, 2.45) is 5.92 Å². The molecule has 4 rings (SSSR count). The molecule has 0 spiro atoms. The molecule has 28 heavy (non-hydrogen) atoms. The number of aryl methyl sites for hydroxylation is 2. The Balaban J connectivity index is 1.29. The minimum Gasteiger partial charge on any atom is -0.490 e. The molecular weight excluding hydrogens is 352 g/mol. The van der Waals surface area contributed by atoms with Gasteiger partial charge >= 0.3 is 0 Å². The summed E-state index contributed by atoms with van der Waals surface area (Å²) in [5.74, 6) is 1.15. The van der Waals surface area contributed by atoms with Crippen LogP contribution in [0.15, 0.2) is 18.2 Å². The highest BCUT2D eigenvalue weighted by Crippen LogP contribution is 2.31. The summed E-state index contributed by atoms with van der Waals surface area (Å²) in [6, 6.07) is 6.66. The first kappa shape index (κ1) is 19.3. The minimum atomic E-state index is -0.149. The normalized spacial score (nSPS) is 24.2. The molecule has 1 atom stereocenters. The monoisotopic (exact) mass is 384 g/mol. The van der Waals surface area contributed by atoms with E-state index in [2.05, 4.69) is 32.0 Å². The number of nitrogens with zero attached hydrogens (tertiary/aromatic N) is 2. The Hall–Kier alpha value is -2.04. The molecule has 2 heterocycles. The van der Waals surface area contributed by atoms with Crippen molar-refractivity contribution in [1.29, 1.82) is 0 Å². The number of piperidine rings is 1. The lowest BCUT2D eigenvalue weighted by atomic mass is 10.0. The van der Waals surface area contributed by atoms with Crippen LogP contribution in [-0.2, 0) is 9.59 Å². The fourth-order valence-corrected chi connectivity index (χ4v) is 4.93. The summed E-state index contributed by atoms with van der Waals surface area (Å²) in [7, 11) is 0. The quantitative estimate of drug-likeness (QED) is 0.799. The molecule has 1 unspecified atom stereocenters. The molecule has 2 saturated heterocycles. The Morgan fingerprint density at radius 3 is 2.50 bits per heavy atom. The predicted molar refractivity (Wildman–Crippen MR) is 108 cm³/mol. The van der Waals surface area contributed by atoms with E-state index in [0.717, 1.165) is 50.1 Å².